The Labute approximate surface area is 125 Å². The van der Waals surface area contributed by atoms with Crippen molar-refractivity contribution in [2.75, 3.05) is 11.9 Å². The molecule has 0 heterocycles. The Morgan fingerprint density at radius 2 is 1.84 bits per heavy atom. The molecule has 3 N–H and O–H groups in total. The van der Waals surface area contributed by atoms with E-state index in [0.29, 0.717) is 12.0 Å². The number of halogens is 1. The van der Waals surface area contributed by atoms with Crippen molar-refractivity contribution in [1.29, 1.82) is 0 Å². The van der Waals surface area contributed by atoms with Crippen molar-refractivity contribution in [3.05, 3.63) is 28.2 Å². The largest absolute Gasteiger partial charge is 0.377 e. The zero-order chi connectivity index (χ0) is 14.1. The lowest BCUT2D eigenvalue weighted by atomic mass is 9.69. The minimum absolute atomic E-state index is 0.0613. The monoisotopic (exact) mass is 324 g/mol. The number of aryl methyl sites for hydroxylation is 1. The lowest BCUT2D eigenvalue weighted by molar-refractivity contribution is 0.182. The Morgan fingerprint density at radius 1 is 1.21 bits per heavy atom. The Bertz CT molecular complexity index is 444. The SMILES string of the molecule is Cc1ccc(Br)c(NC2(CN)CCC(C)(C)CC2)c1. The summed E-state index contributed by atoms with van der Waals surface area (Å²) in [5, 5.41) is 3.72. The third-order valence-corrected chi connectivity index (χ3v) is 5.16. The average Bonchev–Trinajstić information content (AvgIpc) is 2.37. The molecule has 19 heavy (non-hydrogen) atoms. The first kappa shape index (κ1) is 14.9. The van der Waals surface area contributed by atoms with Gasteiger partial charge >= 0.3 is 0 Å². The molecule has 0 radical (unpaired) electrons. The number of nitrogens with two attached hydrogens (primary N) is 1. The Balaban J connectivity index is 2.17. The summed E-state index contributed by atoms with van der Waals surface area (Å²) in [7, 11) is 0. The standard InChI is InChI=1S/C16H25BrN2/c1-12-4-5-13(17)14(10-12)19-16(11-18)8-6-15(2,3)7-9-16/h4-5,10,19H,6-9,11,18H2,1-3H3. The summed E-state index contributed by atoms with van der Waals surface area (Å²) in [6, 6.07) is 6.42. The summed E-state index contributed by atoms with van der Waals surface area (Å²) < 4.78 is 1.12. The van der Waals surface area contributed by atoms with Crippen molar-refractivity contribution in [1.82, 2.24) is 0 Å². The van der Waals surface area contributed by atoms with Crippen LogP contribution >= 0.6 is 15.9 Å². The molecule has 0 atom stereocenters. The number of rotatable bonds is 3. The molecule has 0 unspecified atom stereocenters. The maximum absolute atomic E-state index is 6.08. The van der Waals surface area contributed by atoms with Gasteiger partial charge in [0.2, 0.25) is 0 Å². The molecule has 0 bridgehead atoms. The maximum atomic E-state index is 6.08. The zero-order valence-electron chi connectivity index (χ0n) is 12.2. The summed E-state index contributed by atoms with van der Waals surface area (Å²) in [6.45, 7) is 7.53. The van der Waals surface area contributed by atoms with Crippen LogP contribution in [-0.2, 0) is 0 Å². The fourth-order valence-corrected chi connectivity index (χ4v) is 3.15. The molecule has 0 amide bonds. The van der Waals surface area contributed by atoms with Gasteiger partial charge in [0.25, 0.3) is 0 Å². The van der Waals surface area contributed by atoms with Crippen LogP contribution < -0.4 is 11.1 Å². The quantitative estimate of drug-likeness (QED) is 0.861. The van der Waals surface area contributed by atoms with E-state index in [0.717, 1.165) is 17.3 Å². The van der Waals surface area contributed by atoms with Crippen LogP contribution in [0.3, 0.4) is 0 Å². The highest BCUT2D eigenvalue weighted by molar-refractivity contribution is 9.10. The van der Waals surface area contributed by atoms with Gasteiger partial charge < -0.3 is 11.1 Å². The first-order chi connectivity index (χ1) is 8.86. The highest BCUT2D eigenvalue weighted by Gasteiger charge is 2.37. The van der Waals surface area contributed by atoms with E-state index in [-0.39, 0.29) is 5.54 Å². The Morgan fingerprint density at radius 3 is 2.42 bits per heavy atom. The van der Waals surface area contributed by atoms with Gasteiger partial charge in [-0.05, 0) is 71.6 Å². The molecule has 2 rings (SSSR count). The van der Waals surface area contributed by atoms with Gasteiger partial charge in [-0.3, -0.25) is 0 Å². The fourth-order valence-electron chi connectivity index (χ4n) is 2.81. The molecule has 1 aliphatic carbocycles. The van der Waals surface area contributed by atoms with E-state index >= 15 is 0 Å². The maximum Gasteiger partial charge on any atom is 0.0496 e. The molecule has 0 aromatic heterocycles. The van der Waals surface area contributed by atoms with E-state index in [2.05, 4.69) is 60.2 Å². The molecule has 1 fully saturated rings. The second-order valence-electron chi connectivity index (χ2n) is 6.76. The molecule has 106 valence electrons. The number of nitrogens with one attached hydrogen (secondary N) is 1. The summed E-state index contributed by atoms with van der Waals surface area (Å²) in [6.07, 6.45) is 4.77. The van der Waals surface area contributed by atoms with Gasteiger partial charge in [0.1, 0.15) is 0 Å². The molecule has 2 nitrogen and oxygen atoms in total. The van der Waals surface area contributed by atoms with Crippen LogP contribution in [0, 0.1) is 12.3 Å². The summed E-state index contributed by atoms with van der Waals surface area (Å²) in [5.41, 5.74) is 9.05. The number of benzene rings is 1. The van der Waals surface area contributed by atoms with Crippen LogP contribution in [0.1, 0.15) is 45.1 Å². The van der Waals surface area contributed by atoms with Crippen LogP contribution in [0.25, 0.3) is 0 Å². The predicted molar refractivity (Wildman–Crippen MR) is 86.5 cm³/mol. The van der Waals surface area contributed by atoms with E-state index in [1.807, 2.05) is 0 Å². The summed E-state index contributed by atoms with van der Waals surface area (Å²) in [4.78, 5) is 0. The highest BCUT2D eigenvalue weighted by atomic mass is 79.9. The van der Waals surface area contributed by atoms with Gasteiger partial charge in [-0.1, -0.05) is 19.9 Å². The highest BCUT2D eigenvalue weighted by Crippen LogP contribution is 2.42. The first-order valence-electron chi connectivity index (χ1n) is 7.10. The normalized spacial score (nSPS) is 21.1. The molecule has 1 aromatic rings. The van der Waals surface area contributed by atoms with Gasteiger partial charge in [0.05, 0.1) is 0 Å². The molecule has 1 saturated carbocycles. The second kappa shape index (κ2) is 5.45. The van der Waals surface area contributed by atoms with Gasteiger partial charge in [-0.25, -0.2) is 0 Å². The number of hydrogen-bond acceptors (Lipinski definition) is 2. The molecule has 1 aliphatic rings. The molecule has 3 heteroatoms. The van der Waals surface area contributed by atoms with Gasteiger partial charge in [0, 0.05) is 22.2 Å². The van der Waals surface area contributed by atoms with Crippen molar-refractivity contribution < 1.29 is 0 Å². The van der Waals surface area contributed by atoms with Crippen LogP contribution in [0.2, 0.25) is 0 Å². The van der Waals surface area contributed by atoms with E-state index in [1.54, 1.807) is 0 Å². The van der Waals surface area contributed by atoms with Crippen LogP contribution in [0.15, 0.2) is 22.7 Å². The van der Waals surface area contributed by atoms with Crippen molar-refractivity contribution >= 4 is 21.6 Å². The third kappa shape index (κ3) is 3.51. The van der Waals surface area contributed by atoms with Gasteiger partial charge in [0.15, 0.2) is 0 Å². The lowest BCUT2D eigenvalue weighted by Crippen LogP contribution is -2.49. The number of hydrogen-bond donors (Lipinski definition) is 2. The van der Waals surface area contributed by atoms with Gasteiger partial charge in [-0.2, -0.15) is 0 Å². The molecule has 0 spiro atoms. The molecular formula is C16H25BrN2. The summed E-state index contributed by atoms with van der Waals surface area (Å²) >= 11 is 3.63. The molecule has 1 aromatic carbocycles. The number of anilines is 1. The van der Waals surface area contributed by atoms with E-state index in [9.17, 15) is 0 Å². The fraction of sp³-hybridized carbons (Fsp3) is 0.625. The van der Waals surface area contributed by atoms with Crippen LogP contribution in [-0.4, -0.2) is 12.1 Å². The predicted octanol–water partition coefficient (Wildman–Crippen LogP) is 4.47. The van der Waals surface area contributed by atoms with Crippen LogP contribution in [0.5, 0.6) is 0 Å². The smallest absolute Gasteiger partial charge is 0.0496 e. The zero-order valence-corrected chi connectivity index (χ0v) is 13.8. The lowest BCUT2D eigenvalue weighted by Gasteiger charge is -2.44. The third-order valence-electron chi connectivity index (χ3n) is 4.47. The van der Waals surface area contributed by atoms with Crippen LogP contribution in [0.4, 0.5) is 5.69 Å². The molecular weight excluding hydrogens is 300 g/mol. The van der Waals surface area contributed by atoms with Gasteiger partial charge in [-0.15, -0.1) is 0 Å². The topological polar surface area (TPSA) is 38.0 Å². The molecule has 0 aliphatic heterocycles. The first-order valence-corrected chi connectivity index (χ1v) is 7.90. The second-order valence-corrected chi connectivity index (χ2v) is 7.61. The van der Waals surface area contributed by atoms with E-state index in [1.165, 1.54) is 24.1 Å². The van der Waals surface area contributed by atoms with E-state index in [4.69, 9.17) is 5.73 Å². The van der Waals surface area contributed by atoms with Crippen molar-refractivity contribution in [3.8, 4) is 0 Å². The van der Waals surface area contributed by atoms with Crippen molar-refractivity contribution in [2.24, 2.45) is 11.1 Å². The Kier molecular flexibility index (Phi) is 4.26. The minimum atomic E-state index is 0.0613. The minimum Gasteiger partial charge on any atom is -0.377 e. The van der Waals surface area contributed by atoms with Crippen molar-refractivity contribution in [2.45, 2.75) is 52.0 Å². The molecule has 0 saturated heterocycles. The summed E-state index contributed by atoms with van der Waals surface area (Å²) in [5.74, 6) is 0. The Hall–Kier alpha value is -0.540. The van der Waals surface area contributed by atoms with Crippen molar-refractivity contribution in [3.63, 3.8) is 0 Å². The van der Waals surface area contributed by atoms with E-state index < -0.39 is 0 Å². The average molecular weight is 325 g/mol.